The van der Waals surface area contributed by atoms with E-state index in [-0.39, 0.29) is 17.6 Å². The van der Waals surface area contributed by atoms with Crippen LogP contribution in [0.25, 0.3) is 0 Å². The highest BCUT2D eigenvalue weighted by atomic mass is 32.2. The highest BCUT2D eigenvalue weighted by Crippen LogP contribution is 2.41. The molecule has 2 amide bonds. The SMILES string of the molecule is CC1=C(C(=O)Nc2ccccc2)C(c2ccco2)C(C#N)=C(SCC(=O)Nc2ccccc2)N1. The topological polar surface area (TPSA) is 107 Å². The molecule has 2 heterocycles. The molecule has 1 aliphatic rings. The van der Waals surface area contributed by atoms with Gasteiger partial charge in [-0.1, -0.05) is 48.2 Å². The molecule has 3 aromatic rings. The number of hydrogen-bond donors (Lipinski definition) is 3. The standard InChI is InChI=1S/C26H22N4O3S/c1-17-23(25(32)30-19-11-6-3-7-12-19)24(21-13-8-14-33-21)20(15-27)26(28-17)34-16-22(31)29-18-9-4-2-5-10-18/h2-14,24,28H,16H2,1H3,(H,29,31)(H,30,32). The summed E-state index contributed by atoms with van der Waals surface area (Å²) >= 11 is 1.21. The van der Waals surface area contributed by atoms with Crippen molar-refractivity contribution in [2.45, 2.75) is 12.8 Å². The second-order valence-electron chi connectivity index (χ2n) is 7.49. The Labute approximate surface area is 201 Å². The summed E-state index contributed by atoms with van der Waals surface area (Å²) in [5.41, 5.74) is 2.62. The van der Waals surface area contributed by atoms with Crippen LogP contribution in [0.5, 0.6) is 0 Å². The van der Waals surface area contributed by atoms with Gasteiger partial charge in [-0.2, -0.15) is 5.26 Å². The van der Waals surface area contributed by atoms with Crippen molar-refractivity contribution in [2.75, 3.05) is 16.4 Å². The Morgan fingerprint density at radius 3 is 2.24 bits per heavy atom. The number of nitrogens with one attached hydrogen (secondary N) is 3. The van der Waals surface area contributed by atoms with Crippen molar-refractivity contribution in [3.63, 3.8) is 0 Å². The summed E-state index contributed by atoms with van der Waals surface area (Å²) in [6.07, 6.45) is 1.51. The summed E-state index contributed by atoms with van der Waals surface area (Å²) in [4.78, 5) is 25.7. The molecule has 0 saturated carbocycles. The first kappa shape index (κ1) is 23.0. The predicted molar refractivity (Wildman–Crippen MR) is 133 cm³/mol. The average molecular weight is 471 g/mol. The Morgan fingerprint density at radius 2 is 1.65 bits per heavy atom. The number of amides is 2. The summed E-state index contributed by atoms with van der Waals surface area (Å²) in [6, 6.07) is 23.9. The van der Waals surface area contributed by atoms with E-state index in [1.165, 1.54) is 18.0 Å². The van der Waals surface area contributed by atoms with Crippen molar-refractivity contribution >= 4 is 35.0 Å². The zero-order valence-corrected chi connectivity index (χ0v) is 19.2. The van der Waals surface area contributed by atoms with Crippen LogP contribution >= 0.6 is 11.8 Å². The molecule has 3 N–H and O–H groups in total. The van der Waals surface area contributed by atoms with E-state index in [0.717, 1.165) is 0 Å². The third-order valence-corrected chi connectivity index (χ3v) is 6.17. The molecule has 1 aliphatic heterocycles. The van der Waals surface area contributed by atoms with E-state index >= 15 is 0 Å². The highest BCUT2D eigenvalue weighted by Gasteiger charge is 2.36. The summed E-state index contributed by atoms with van der Waals surface area (Å²) in [7, 11) is 0. The maximum absolute atomic E-state index is 13.3. The number of carbonyl (C=O) groups excluding carboxylic acids is 2. The van der Waals surface area contributed by atoms with Crippen LogP contribution in [0.1, 0.15) is 18.6 Å². The molecule has 0 spiro atoms. The van der Waals surface area contributed by atoms with Gasteiger partial charge in [0.1, 0.15) is 5.76 Å². The smallest absolute Gasteiger partial charge is 0.254 e. The Kier molecular flexibility index (Phi) is 7.16. The molecule has 0 bridgehead atoms. The van der Waals surface area contributed by atoms with Crippen molar-refractivity contribution in [2.24, 2.45) is 0 Å². The average Bonchev–Trinajstić information content (AvgIpc) is 3.38. The van der Waals surface area contributed by atoms with E-state index in [2.05, 4.69) is 22.0 Å². The monoisotopic (exact) mass is 470 g/mol. The lowest BCUT2D eigenvalue weighted by atomic mass is 9.85. The van der Waals surface area contributed by atoms with Crippen LogP contribution in [-0.2, 0) is 9.59 Å². The van der Waals surface area contributed by atoms with Gasteiger partial charge < -0.3 is 20.4 Å². The van der Waals surface area contributed by atoms with Gasteiger partial charge in [0.15, 0.2) is 0 Å². The second-order valence-corrected chi connectivity index (χ2v) is 8.48. The number of nitrogens with zero attached hydrogens (tertiary/aromatic N) is 1. The molecular weight excluding hydrogens is 448 g/mol. The van der Waals surface area contributed by atoms with Gasteiger partial charge >= 0.3 is 0 Å². The van der Waals surface area contributed by atoms with Crippen LogP contribution in [0.4, 0.5) is 11.4 Å². The fourth-order valence-corrected chi connectivity index (χ4v) is 4.54. The lowest BCUT2D eigenvalue weighted by molar-refractivity contribution is -0.114. The number of nitriles is 1. The number of hydrogen-bond acceptors (Lipinski definition) is 6. The lowest BCUT2D eigenvalue weighted by Gasteiger charge is -2.28. The van der Waals surface area contributed by atoms with Crippen LogP contribution in [0.2, 0.25) is 0 Å². The van der Waals surface area contributed by atoms with Gasteiger partial charge in [0.05, 0.1) is 40.2 Å². The number of para-hydroxylation sites is 2. The molecule has 34 heavy (non-hydrogen) atoms. The molecule has 7 nitrogen and oxygen atoms in total. The van der Waals surface area contributed by atoms with Gasteiger partial charge in [0.2, 0.25) is 5.91 Å². The van der Waals surface area contributed by atoms with E-state index in [1.54, 1.807) is 43.3 Å². The van der Waals surface area contributed by atoms with E-state index in [0.29, 0.717) is 39.0 Å². The summed E-state index contributed by atoms with van der Waals surface area (Å²) < 4.78 is 5.62. The van der Waals surface area contributed by atoms with E-state index in [4.69, 9.17) is 4.42 Å². The number of allylic oxidation sites excluding steroid dienone is 2. The zero-order chi connectivity index (χ0) is 23.9. The van der Waals surface area contributed by atoms with E-state index in [1.807, 2.05) is 36.4 Å². The fraction of sp³-hybridized carbons (Fsp3) is 0.115. The van der Waals surface area contributed by atoms with Gasteiger partial charge in [-0.15, -0.1) is 0 Å². The predicted octanol–water partition coefficient (Wildman–Crippen LogP) is 4.99. The van der Waals surface area contributed by atoms with Crippen LogP contribution in [-0.4, -0.2) is 17.6 Å². The molecule has 170 valence electrons. The summed E-state index contributed by atoms with van der Waals surface area (Å²) in [5, 5.41) is 19.4. The molecule has 4 rings (SSSR count). The number of anilines is 2. The van der Waals surface area contributed by atoms with Crippen molar-refractivity contribution < 1.29 is 14.0 Å². The number of thioether (sulfide) groups is 1. The van der Waals surface area contributed by atoms with Crippen LogP contribution in [0, 0.1) is 11.3 Å². The van der Waals surface area contributed by atoms with Crippen LogP contribution in [0.15, 0.2) is 105 Å². The normalized spacial score (nSPS) is 15.4. The maximum atomic E-state index is 13.3. The minimum absolute atomic E-state index is 0.0894. The molecule has 0 saturated heterocycles. The molecular formula is C26H22N4O3S. The Bertz CT molecular complexity index is 1280. The van der Waals surface area contributed by atoms with E-state index in [9.17, 15) is 14.9 Å². The number of benzene rings is 2. The van der Waals surface area contributed by atoms with Gasteiger partial charge in [-0.25, -0.2) is 0 Å². The summed E-state index contributed by atoms with van der Waals surface area (Å²) in [5.74, 6) is -0.679. The van der Waals surface area contributed by atoms with Gasteiger partial charge in [-0.05, 0) is 43.3 Å². The molecule has 1 atom stereocenters. The Balaban J connectivity index is 1.59. The summed E-state index contributed by atoms with van der Waals surface area (Å²) in [6.45, 7) is 1.77. The van der Waals surface area contributed by atoms with E-state index < -0.39 is 5.92 Å². The van der Waals surface area contributed by atoms with Crippen molar-refractivity contribution in [3.05, 3.63) is 107 Å². The highest BCUT2D eigenvalue weighted by molar-refractivity contribution is 8.03. The molecule has 8 heteroatoms. The third-order valence-electron chi connectivity index (χ3n) is 5.16. The quantitative estimate of drug-likeness (QED) is 0.449. The second kappa shape index (κ2) is 10.6. The van der Waals surface area contributed by atoms with Gasteiger partial charge in [-0.3, -0.25) is 9.59 Å². The van der Waals surface area contributed by atoms with Gasteiger partial charge in [0, 0.05) is 17.1 Å². The first-order chi connectivity index (χ1) is 16.6. The van der Waals surface area contributed by atoms with Crippen molar-refractivity contribution in [1.82, 2.24) is 5.32 Å². The first-order valence-corrected chi connectivity index (χ1v) is 11.5. The largest absolute Gasteiger partial charge is 0.468 e. The first-order valence-electron chi connectivity index (χ1n) is 10.6. The molecule has 1 aromatic heterocycles. The number of furan rings is 1. The van der Waals surface area contributed by atoms with Crippen LogP contribution < -0.4 is 16.0 Å². The molecule has 1 unspecified atom stereocenters. The zero-order valence-electron chi connectivity index (χ0n) is 18.4. The van der Waals surface area contributed by atoms with Crippen molar-refractivity contribution in [3.8, 4) is 6.07 Å². The maximum Gasteiger partial charge on any atom is 0.254 e. The lowest BCUT2D eigenvalue weighted by Crippen LogP contribution is -2.31. The molecule has 0 radical (unpaired) electrons. The number of dihydropyridines is 1. The third kappa shape index (κ3) is 5.22. The number of rotatable bonds is 7. The van der Waals surface area contributed by atoms with Crippen molar-refractivity contribution in [1.29, 1.82) is 5.26 Å². The Morgan fingerprint density at radius 1 is 1.00 bits per heavy atom. The molecule has 2 aromatic carbocycles. The minimum atomic E-state index is -0.704. The van der Waals surface area contributed by atoms with Crippen LogP contribution in [0.3, 0.4) is 0 Å². The molecule has 0 fully saturated rings. The fourth-order valence-electron chi connectivity index (χ4n) is 3.64. The van der Waals surface area contributed by atoms with Gasteiger partial charge in [0.25, 0.3) is 5.91 Å². The number of carbonyl (C=O) groups is 2. The molecule has 0 aliphatic carbocycles. The minimum Gasteiger partial charge on any atom is -0.468 e. The Hall–Kier alpha value is -4.22.